The van der Waals surface area contributed by atoms with Crippen molar-refractivity contribution in [2.75, 3.05) is 7.11 Å². The van der Waals surface area contributed by atoms with Crippen molar-refractivity contribution in [2.45, 2.75) is 6.92 Å². The molecule has 1 aromatic carbocycles. The van der Waals surface area contributed by atoms with Crippen LogP contribution in [0.2, 0.25) is 0 Å². The van der Waals surface area contributed by atoms with Crippen molar-refractivity contribution in [1.29, 1.82) is 0 Å². The number of hydrogen-bond donors (Lipinski definition) is 0. The molecule has 0 bridgehead atoms. The predicted octanol–water partition coefficient (Wildman–Crippen LogP) is 3.63. The summed E-state index contributed by atoms with van der Waals surface area (Å²) < 4.78 is 23.7. The zero-order valence-corrected chi connectivity index (χ0v) is 10.6. The summed E-state index contributed by atoms with van der Waals surface area (Å²) in [5.41, 5.74) is 0.317. The third kappa shape index (κ3) is 3.10. The van der Waals surface area contributed by atoms with Crippen LogP contribution >= 0.6 is 0 Å². The number of carbonyl (C=O) groups excluding carboxylic acids is 1. The smallest absolute Gasteiger partial charge is 0.221 e. The van der Waals surface area contributed by atoms with Crippen molar-refractivity contribution in [3.63, 3.8) is 0 Å². The molecule has 0 amide bonds. The van der Waals surface area contributed by atoms with Gasteiger partial charge >= 0.3 is 0 Å². The highest BCUT2D eigenvalue weighted by Gasteiger charge is 2.07. The van der Waals surface area contributed by atoms with E-state index in [0.29, 0.717) is 17.1 Å². The number of furan rings is 1. The lowest BCUT2D eigenvalue weighted by molar-refractivity contribution is 0.102. The lowest BCUT2D eigenvalue weighted by Crippen LogP contribution is -1.92. The van der Waals surface area contributed by atoms with Gasteiger partial charge < -0.3 is 9.15 Å². The highest BCUT2D eigenvalue weighted by Crippen LogP contribution is 2.17. The van der Waals surface area contributed by atoms with Crippen LogP contribution in [0.25, 0.3) is 6.08 Å². The summed E-state index contributed by atoms with van der Waals surface area (Å²) in [5.74, 6) is 0.583. The fourth-order valence-electron chi connectivity index (χ4n) is 1.58. The average molecular weight is 260 g/mol. The van der Waals surface area contributed by atoms with Gasteiger partial charge in [-0.15, -0.1) is 0 Å². The second kappa shape index (κ2) is 5.52. The zero-order valence-electron chi connectivity index (χ0n) is 10.6. The van der Waals surface area contributed by atoms with Crippen LogP contribution in [-0.4, -0.2) is 12.9 Å². The molecule has 0 aliphatic heterocycles. The lowest BCUT2D eigenvalue weighted by atomic mass is 10.1. The molecule has 0 saturated heterocycles. The van der Waals surface area contributed by atoms with E-state index in [1.165, 1.54) is 25.3 Å². The molecule has 0 unspecified atom stereocenters. The van der Waals surface area contributed by atoms with Gasteiger partial charge in [0.05, 0.1) is 7.11 Å². The summed E-state index contributed by atoms with van der Waals surface area (Å²) in [6.07, 6.45) is 2.69. The van der Waals surface area contributed by atoms with Gasteiger partial charge in [-0.3, -0.25) is 4.79 Å². The number of ketones is 1. The molecule has 0 aliphatic carbocycles. The monoisotopic (exact) mass is 260 g/mol. The maximum absolute atomic E-state index is 13.6. The first-order chi connectivity index (χ1) is 9.10. The highest BCUT2D eigenvalue weighted by atomic mass is 19.1. The first kappa shape index (κ1) is 13.1. The molecule has 4 heteroatoms. The van der Waals surface area contributed by atoms with Crippen LogP contribution in [0, 0.1) is 12.7 Å². The number of hydrogen-bond acceptors (Lipinski definition) is 3. The molecular weight excluding hydrogens is 247 g/mol. The predicted molar refractivity (Wildman–Crippen MR) is 69.8 cm³/mol. The lowest BCUT2D eigenvalue weighted by Gasteiger charge is -2.01. The molecule has 98 valence electrons. The Hall–Kier alpha value is -2.36. The van der Waals surface area contributed by atoms with Crippen LogP contribution in [0.5, 0.6) is 5.75 Å². The summed E-state index contributed by atoms with van der Waals surface area (Å²) in [6, 6.07) is 7.73. The molecule has 0 radical (unpaired) electrons. The van der Waals surface area contributed by atoms with Gasteiger partial charge in [0, 0.05) is 11.6 Å². The number of ether oxygens (including phenoxy) is 1. The number of carbonyl (C=O) groups is 1. The Bertz CT molecular complexity index is 626. The second-order valence-electron chi connectivity index (χ2n) is 4.00. The third-order valence-corrected chi connectivity index (χ3v) is 2.61. The van der Waals surface area contributed by atoms with Crippen LogP contribution < -0.4 is 4.74 Å². The molecule has 1 heterocycles. The highest BCUT2D eigenvalue weighted by molar-refractivity contribution is 6.04. The molecule has 3 nitrogen and oxygen atoms in total. The van der Waals surface area contributed by atoms with Crippen LogP contribution in [0.3, 0.4) is 0 Å². The van der Waals surface area contributed by atoms with Crippen molar-refractivity contribution in [3.05, 3.63) is 59.3 Å². The minimum Gasteiger partial charge on any atom is -0.497 e. The van der Waals surface area contributed by atoms with Crippen molar-refractivity contribution in [3.8, 4) is 5.75 Å². The molecule has 0 aliphatic rings. The number of halogens is 1. The molecule has 0 spiro atoms. The fourth-order valence-corrected chi connectivity index (χ4v) is 1.58. The van der Waals surface area contributed by atoms with Crippen molar-refractivity contribution in [1.82, 2.24) is 0 Å². The van der Waals surface area contributed by atoms with E-state index in [9.17, 15) is 9.18 Å². The van der Waals surface area contributed by atoms with E-state index < -0.39 is 5.82 Å². The quantitative estimate of drug-likeness (QED) is 0.622. The Labute approximate surface area is 110 Å². The van der Waals surface area contributed by atoms with Crippen LogP contribution in [0.1, 0.15) is 21.9 Å². The summed E-state index contributed by atoms with van der Waals surface area (Å²) in [5, 5.41) is 0. The molecule has 2 aromatic rings. The van der Waals surface area contributed by atoms with Crippen LogP contribution in [-0.2, 0) is 0 Å². The molecule has 0 N–H and O–H groups in total. The average Bonchev–Trinajstić information content (AvgIpc) is 2.83. The molecule has 0 fully saturated rings. The van der Waals surface area contributed by atoms with Gasteiger partial charge in [0.2, 0.25) is 5.78 Å². The van der Waals surface area contributed by atoms with Gasteiger partial charge in [-0.05, 0) is 43.3 Å². The topological polar surface area (TPSA) is 39.4 Å². The van der Waals surface area contributed by atoms with Crippen molar-refractivity contribution >= 4 is 11.9 Å². The Kier molecular flexibility index (Phi) is 3.80. The molecular formula is C15H13FO3. The summed E-state index contributed by atoms with van der Waals surface area (Å²) in [7, 11) is 1.47. The minimum absolute atomic E-state index is 0.239. The maximum atomic E-state index is 13.6. The maximum Gasteiger partial charge on any atom is 0.221 e. The number of methoxy groups -OCH3 is 1. The van der Waals surface area contributed by atoms with E-state index in [-0.39, 0.29) is 11.5 Å². The van der Waals surface area contributed by atoms with Gasteiger partial charge in [-0.25, -0.2) is 4.39 Å². The first-order valence-electron chi connectivity index (χ1n) is 5.72. The van der Waals surface area contributed by atoms with E-state index in [4.69, 9.17) is 9.15 Å². The van der Waals surface area contributed by atoms with Gasteiger partial charge in [0.15, 0.2) is 5.76 Å². The largest absolute Gasteiger partial charge is 0.497 e. The first-order valence-corrected chi connectivity index (χ1v) is 5.72. The molecule has 19 heavy (non-hydrogen) atoms. The summed E-state index contributed by atoms with van der Waals surface area (Å²) >= 11 is 0. The van der Waals surface area contributed by atoms with E-state index in [1.807, 2.05) is 0 Å². The Morgan fingerprint density at radius 1 is 1.32 bits per heavy atom. The molecule has 0 saturated carbocycles. The minimum atomic E-state index is -0.445. The normalized spacial score (nSPS) is 10.9. The SMILES string of the molecule is COc1ccc(/C=C/C(=O)c2ccc(C)o2)c(F)c1. The third-order valence-electron chi connectivity index (χ3n) is 2.61. The standard InChI is InChI=1S/C15H13FO3/c1-10-3-8-15(19-10)14(17)7-5-11-4-6-12(18-2)9-13(11)16/h3-9H,1-2H3/b7-5+. The number of rotatable bonds is 4. The van der Waals surface area contributed by atoms with E-state index in [0.717, 1.165) is 0 Å². The zero-order chi connectivity index (χ0) is 13.8. The summed E-state index contributed by atoms with van der Waals surface area (Å²) in [6.45, 7) is 1.75. The van der Waals surface area contributed by atoms with E-state index in [2.05, 4.69) is 0 Å². The van der Waals surface area contributed by atoms with E-state index >= 15 is 0 Å². The van der Waals surface area contributed by atoms with Gasteiger partial charge in [-0.1, -0.05) is 0 Å². The Morgan fingerprint density at radius 3 is 2.68 bits per heavy atom. The fraction of sp³-hybridized carbons (Fsp3) is 0.133. The van der Waals surface area contributed by atoms with Gasteiger partial charge in [-0.2, -0.15) is 0 Å². The van der Waals surface area contributed by atoms with Gasteiger partial charge in [0.1, 0.15) is 17.3 Å². The number of benzene rings is 1. The molecule has 1 aromatic heterocycles. The molecule has 2 rings (SSSR count). The van der Waals surface area contributed by atoms with Gasteiger partial charge in [0.25, 0.3) is 0 Å². The Balaban J connectivity index is 2.16. The second-order valence-corrected chi connectivity index (χ2v) is 4.00. The molecule has 0 atom stereocenters. The van der Waals surface area contributed by atoms with Crippen molar-refractivity contribution in [2.24, 2.45) is 0 Å². The number of allylic oxidation sites excluding steroid dienone is 1. The van der Waals surface area contributed by atoms with Crippen molar-refractivity contribution < 1.29 is 18.3 Å². The van der Waals surface area contributed by atoms with Crippen LogP contribution in [0.4, 0.5) is 4.39 Å². The number of aryl methyl sites for hydroxylation is 1. The van der Waals surface area contributed by atoms with E-state index in [1.54, 1.807) is 31.2 Å². The van der Waals surface area contributed by atoms with Crippen LogP contribution in [0.15, 0.2) is 40.8 Å². The summed E-state index contributed by atoms with van der Waals surface area (Å²) in [4.78, 5) is 11.7. The Morgan fingerprint density at radius 2 is 2.11 bits per heavy atom.